The van der Waals surface area contributed by atoms with Crippen LogP contribution in [-0.4, -0.2) is 30.7 Å². The molecule has 0 amide bonds. The van der Waals surface area contributed by atoms with Crippen molar-refractivity contribution in [2.75, 3.05) is 13.2 Å². The molecule has 1 N–H and O–H groups in total. The summed E-state index contributed by atoms with van der Waals surface area (Å²) in [4.78, 5) is 0. The number of nitrogens with zero attached hydrogens (tertiary/aromatic N) is 2. The van der Waals surface area contributed by atoms with Crippen molar-refractivity contribution in [1.29, 1.82) is 10.5 Å². The van der Waals surface area contributed by atoms with E-state index in [4.69, 9.17) is 20.0 Å². The van der Waals surface area contributed by atoms with Crippen LogP contribution >= 0.6 is 0 Å². The fourth-order valence-electron chi connectivity index (χ4n) is 0.734. The minimum Gasteiger partial charge on any atom is -0.372 e. The van der Waals surface area contributed by atoms with Crippen LogP contribution in [0, 0.1) is 22.7 Å². The van der Waals surface area contributed by atoms with Crippen molar-refractivity contribution in [3.63, 3.8) is 0 Å². The van der Waals surface area contributed by atoms with Gasteiger partial charge in [-0.25, -0.2) is 0 Å². The highest BCUT2D eigenvalue weighted by Crippen LogP contribution is 2.01. The smallest absolute Gasteiger partial charge is 0.180 e. The summed E-state index contributed by atoms with van der Waals surface area (Å²) in [7, 11) is 0. The van der Waals surface area contributed by atoms with Crippen LogP contribution in [0.3, 0.4) is 0 Å². The minimum atomic E-state index is -1.04. The molecule has 0 aliphatic carbocycles. The molecule has 2 unspecified atom stereocenters. The van der Waals surface area contributed by atoms with E-state index in [1.807, 2.05) is 12.1 Å². The van der Waals surface area contributed by atoms with Crippen molar-refractivity contribution in [3.05, 3.63) is 0 Å². The fourth-order valence-corrected chi connectivity index (χ4v) is 0.734. The summed E-state index contributed by atoms with van der Waals surface area (Å²) in [5.74, 6) is 0. The van der Waals surface area contributed by atoms with Gasteiger partial charge < -0.3 is 14.6 Å². The Bertz CT molecular complexity index is 195. The first-order valence-electron chi connectivity index (χ1n) is 4.37. The van der Waals surface area contributed by atoms with Gasteiger partial charge in [0, 0.05) is 0 Å². The molecular weight excluding hydrogens is 184 g/mol. The van der Waals surface area contributed by atoms with Gasteiger partial charge in [-0.2, -0.15) is 10.5 Å². The van der Waals surface area contributed by atoms with Crippen LogP contribution in [0.15, 0.2) is 0 Å². The number of aliphatic hydroxyl groups is 1. The van der Waals surface area contributed by atoms with Crippen molar-refractivity contribution in [1.82, 2.24) is 0 Å². The number of ether oxygens (including phenoxy) is 2. The summed E-state index contributed by atoms with van der Waals surface area (Å²) in [6.07, 6.45) is -0.999. The summed E-state index contributed by atoms with van der Waals surface area (Å²) in [5.41, 5.74) is 0. The standard InChI is InChI=1S/C9H14N2O3/c1-8(13-6-2-4-10)9(12)14-7-3-5-11/h8-9,12H,2-3,6-7H2,1H3. The lowest BCUT2D eigenvalue weighted by Crippen LogP contribution is -2.29. The third-order valence-electron chi connectivity index (χ3n) is 1.50. The largest absolute Gasteiger partial charge is 0.372 e. The van der Waals surface area contributed by atoms with Crippen LogP contribution in [0.5, 0.6) is 0 Å². The van der Waals surface area contributed by atoms with E-state index in [0.717, 1.165) is 0 Å². The van der Waals surface area contributed by atoms with Crippen LogP contribution < -0.4 is 0 Å². The predicted octanol–water partition coefficient (Wildman–Crippen LogP) is 0.554. The van der Waals surface area contributed by atoms with E-state index in [9.17, 15) is 5.11 Å². The van der Waals surface area contributed by atoms with E-state index < -0.39 is 12.4 Å². The Morgan fingerprint density at radius 3 is 2.14 bits per heavy atom. The Morgan fingerprint density at radius 1 is 1.14 bits per heavy atom. The number of rotatable bonds is 7. The minimum absolute atomic E-state index is 0.184. The Kier molecular flexibility index (Phi) is 7.77. The van der Waals surface area contributed by atoms with Crippen molar-refractivity contribution in [2.45, 2.75) is 32.2 Å². The van der Waals surface area contributed by atoms with E-state index >= 15 is 0 Å². The average molecular weight is 198 g/mol. The van der Waals surface area contributed by atoms with E-state index in [-0.39, 0.29) is 26.1 Å². The van der Waals surface area contributed by atoms with Gasteiger partial charge in [0.1, 0.15) is 6.10 Å². The van der Waals surface area contributed by atoms with Crippen LogP contribution in [-0.2, 0) is 9.47 Å². The third kappa shape index (κ3) is 6.38. The van der Waals surface area contributed by atoms with E-state index in [1.54, 1.807) is 6.92 Å². The summed E-state index contributed by atoms with van der Waals surface area (Å²) in [6, 6.07) is 3.82. The number of hydrogen-bond acceptors (Lipinski definition) is 5. The average Bonchev–Trinajstić information content (AvgIpc) is 2.18. The monoisotopic (exact) mass is 198 g/mol. The van der Waals surface area contributed by atoms with Crippen LogP contribution in [0.2, 0.25) is 0 Å². The molecule has 5 heteroatoms. The highest BCUT2D eigenvalue weighted by molar-refractivity contribution is 4.69. The van der Waals surface area contributed by atoms with Crippen molar-refractivity contribution < 1.29 is 14.6 Å². The summed E-state index contributed by atoms with van der Waals surface area (Å²) in [6.45, 7) is 2.11. The van der Waals surface area contributed by atoms with E-state index in [0.29, 0.717) is 0 Å². The van der Waals surface area contributed by atoms with Gasteiger partial charge in [-0.1, -0.05) is 0 Å². The van der Waals surface area contributed by atoms with Gasteiger partial charge in [0.05, 0.1) is 38.2 Å². The highest BCUT2D eigenvalue weighted by Gasteiger charge is 2.14. The Balaban J connectivity index is 3.51. The van der Waals surface area contributed by atoms with Gasteiger partial charge in [-0.3, -0.25) is 0 Å². The quantitative estimate of drug-likeness (QED) is 0.477. The normalized spacial score (nSPS) is 14.0. The maximum absolute atomic E-state index is 9.30. The van der Waals surface area contributed by atoms with E-state index in [2.05, 4.69) is 0 Å². The molecule has 0 saturated carbocycles. The van der Waals surface area contributed by atoms with Gasteiger partial charge in [-0.05, 0) is 6.92 Å². The Labute approximate surface area is 83.5 Å². The lowest BCUT2D eigenvalue weighted by Gasteiger charge is -2.18. The molecule has 14 heavy (non-hydrogen) atoms. The molecule has 0 aromatic carbocycles. The van der Waals surface area contributed by atoms with Gasteiger partial charge in [0.2, 0.25) is 0 Å². The van der Waals surface area contributed by atoms with Gasteiger partial charge in [0.25, 0.3) is 0 Å². The van der Waals surface area contributed by atoms with Crippen LogP contribution in [0.25, 0.3) is 0 Å². The summed E-state index contributed by atoms with van der Waals surface area (Å²) >= 11 is 0. The molecule has 0 saturated heterocycles. The second kappa shape index (κ2) is 8.46. The van der Waals surface area contributed by atoms with Crippen LogP contribution in [0.4, 0.5) is 0 Å². The maximum atomic E-state index is 9.30. The molecule has 0 aliphatic heterocycles. The SMILES string of the molecule is CC(OCCC#N)C(O)OCCC#N. The number of aliphatic hydroxyl groups excluding tert-OH is 1. The zero-order valence-corrected chi connectivity index (χ0v) is 8.14. The van der Waals surface area contributed by atoms with Gasteiger partial charge in [0.15, 0.2) is 6.29 Å². The second-order valence-electron chi connectivity index (χ2n) is 2.65. The number of nitriles is 2. The lowest BCUT2D eigenvalue weighted by molar-refractivity contribution is -0.171. The molecule has 0 aromatic rings. The zero-order chi connectivity index (χ0) is 10.8. The molecule has 78 valence electrons. The fraction of sp³-hybridized carbons (Fsp3) is 0.778. The maximum Gasteiger partial charge on any atom is 0.180 e. The van der Waals surface area contributed by atoms with Gasteiger partial charge >= 0.3 is 0 Å². The predicted molar refractivity (Wildman–Crippen MR) is 47.8 cm³/mol. The number of hydrogen-bond donors (Lipinski definition) is 1. The topological polar surface area (TPSA) is 86.3 Å². The molecular formula is C9H14N2O3. The Hall–Kier alpha value is -1.14. The molecule has 0 fully saturated rings. The molecule has 5 nitrogen and oxygen atoms in total. The molecule has 0 heterocycles. The van der Waals surface area contributed by atoms with E-state index in [1.165, 1.54) is 0 Å². The Morgan fingerprint density at radius 2 is 1.64 bits per heavy atom. The van der Waals surface area contributed by atoms with Crippen LogP contribution in [0.1, 0.15) is 19.8 Å². The molecule has 0 rings (SSSR count). The molecule has 0 aliphatic rings. The van der Waals surface area contributed by atoms with Crippen molar-refractivity contribution in [2.24, 2.45) is 0 Å². The molecule has 0 radical (unpaired) electrons. The zero-order valence-electron chi connectivity index (χ0n) is 8.14. The highest BCUT2D eigenvalue weighted by atomic mass is 16.6. The molecule has 2 atom stereocenters. The molecule has 0 bridgehead atoms. The van der Waals surface area contributed by atoms with Crippen molar-refractivity contribution in [3.8, 4) is 12.1 Å². The summed E-state index contributed by atoms with van der Waals surface area (Å²) in [5, 5.41) is 25.7. The lowest BCUT2D eigenvalue weighted by atomic mass is 10.4. The first kappa shape index (κ1) is 12.9. The van der Waals surface area contributed by atoms with Gasteiger partial charge in [-0.15, -0.1) is 0 Å². The summed E-state index contributed by atoms with van der Waals surface area (Å²) < 4.78 is 9.99. The molecule has 0 spiro atoms. The van der Waals surface area contributed by atoms with Crippen molar-refractivity contribution >= 4 is 0 Å². The second-order valence-corrected chi connectivity index (χ2v) is 2.65. The first-order valence-corrected chi connectivity index (χ1v) is 4.37. The molecule has 0 aromatic heterocycles. The third-order valence-corrected chi connectivity index (χ3v) is 1.50. The first-order chi connectivity index (χ1) is 6.72.